The smallest absolute Gasteiger partial charge is 0.310 e. The molecule has 2 N–H and O–H groups in total. The quantitative estimate of drug-likeness (QED) is 0.635. The van der Waals surface area contributed by atoms with Crippen molar-refractivity contribution in [3.63, 3.8) is 0 Å². The van der Waals surface area contributed by atoms with Crippen LogP contribution in [0.2, 0.25) is 0 Å². The van der Waals surface area contributed by atoms with Gasteiger partial charge in [0.05, 0.1) is 17.3 Å². The lowest BCUT2D eigenvalue weighted by Gasteiger charge is -2.27. The van der Waals surface area contributed by atoms with E-state index in [1.54, 1.807) is 12.1 Å². The Morgan fingerprint density at radius 2 is 1.90 bits per heavy atom. The maximum Gasteiger partial charge on any atom is 0.310 e. The molecule has 1 aliphatic carbocycles. The summed E-state index contributed by atoms with van der Waals surface area (Å²) in [5.74, 6) is 0.00358. The number of rotatable bonds is 6. The maximum absolute atomic E-state index is 11.4. The van der Waals surface area contributed by atoms with Crippen molar-refractivity contribution in [1.29, 1.82) is 0 Å². The second-order valence-corrected chi connectivity index (χ2v) is 7.14. The van der Waals surface area contributed by atoms with Gasteiger partial charge in [-0.25, -0.2) is 13.6 Å². The SMILES string of the molecule is NS(=O)(=O)CC1(COc2ccccc2[N+](=O)[O-])CCCC1. The fourth-order valence-corrected chi connectivity index (χ4v) is 4.07. The van der Waals surface area contributed by atoms with Crippen molar-refractivity contribution in [2.75, 3.05) is 12.4 Å². The molecular weight excluding hydrogens is 296 g/mol. The molecule has 0 saturated heterocycles. The molecule has 2 rings (SSSR count). The number of nitro benzene ring substituents is 1. The predicted octanol–water partition coefficient (Wildman–Crippen LogP) is 1.82. The monoisotopic (exact) mass is 314 g/mol. The third kappa shape index (κ3) is 4.15. The summed E-state index contributed by atoms with van der Waals surface area (Å²) >= 11 is 0. The third-order valence-corrected chi connectivity index (χ3v) is 4.78. The van der Waals surface area contributed by atoms with Gasteiger partial charge in [-0.2, -0.15) is 0 Å². The van der Waals surface area contributed by atoms with Crippen molar-refractivity contribution in [3.8, 4) is 5.75 Å². The minimum absolute atomic E-state index is 0.119. The minimum Gasteiger partial charge on any atom is -0.486 e. The number of nitrogens with two attached hydrogens (primary N) is 1. The fourth-order valence-electron chi connectivity index (χ4n) is 2.84. The maximum atomic E-state index is 11.4. The Bertz CT molecular complexity index is 623. The highest BCUT2D eigenvalue weighted by Gasteiger charge is 2.38. The van der Waals surface area contributed by atoms with Gasteiger partial charge in [0, 0.05) is 11.5 Å². The molecule has 0 aromatic heterocycles. The number of para-hydroxylation sites is 2. The van der Waals surface area contributed by atoms with Gasteiger partial charge in [0.25, 0.3) is 0 Å². The Labute approximate surface area is 123 Å². The van der Waals surface area contributed by atoms with Gasteiger partial charge in [-0.3, -0.25) is 10.1 Å². The van der Waals surface area contributed by atoms with E-state index in [-0.39, 0.29) is 23.8 Å². The highest BCUT2D eigenvalue weighted by Crippen LogP contribution is 2.40. The number of benzene rings is 1. The molecule has 0 amide bonds. The first-order valence-electron chi connectivity index (χ1n) is 6.68. The number of nitrogens with zero attached hydrogens (tertiary/aromatic N) is 1. The van der Waals surface area contributed by atoms with E-state index in [1.165, 1.54) is 12.1 Å². The van der Waals surface area contributed by atoms with E-state index in [0.717, 1.165) is 12.8 Å². The van der Waals surface area contributed by atoms with Crippen LogP contribution in [0, 0.1) is 15.5 Å². The summed E-state index contributed by atoms with van der Waals surface area (Å²) in [6, 6.07) is 6.07. The van der Waals surface area contributed by atoms with Crippen molar-refractivity contribution >= 4 is 15.7 Å². The Kier molecular flexibility index (Phi) is 4.48. The molecule has 0 unspecified atom stereocenters. The highest BCUT2D eigenvalue weighted by atomic mass is 32.2. The van der Waals surface area contributed by atoms with Crippen LogP contribution in [0.1, 0.15) is 25.7 Å². The number of hydrogen-bond donors (Lipinski definition) is 1. The number of hydrogen-bond acceptors (Lipinski definition) is 5. The van der Waals surface area contributed by atoms with Crippen LogP contribution in [0.3, 0.4) is 0 Å². The molecule has 0 bridgehead atoms. The van der Waals surface area contributed by atoms with Crippen LogP contribution in [-0.4, -0.2) is 25.7 Å². The largest absolute Gasteiger partial charge is 0.486 e. The topological polar surface area (TPSA) is 113 Å². The van der Waals surface area contributed by atoms with Gasteiger partial charge in [-0.05, 0) is 18.9 Å². The molecule has 0 radical (unpaired) electrons. The first-order chi connectivity index (χ1) is 9.81. The lowest BCUT2D eigenvalue weighted by molar-refractivity contribution is -0.386. The molecule has 1 fully saturated rings. The van der Waals surface area contributed by atoms with Crippen LogP contribution in [0.5, 0.6) is 5.75 Å². The summed E-state index contributed by atoms with van der Waals surface area (Å²) in [5.41, 5.74) is -0.668. The fraction of sp³-hybridized carbons (Fsp3) is 0.538. The van der Waals surface area contributed by atoms with E-state index < -0.39 is 20.4 Å². The van der Waals surface area contributed by atoms with Gasteiger partial charge in [0.15, 0.2) is 5.75 Å². The van der Waals surface area contributed by atoms with Gasteiger partial charge >= 0.3 is 5.69 Å². The lowest BCUT2D eigenvalue weighted by Crippen LogP contribution is -2.36. The van der Waals surface area contributed by atoms with Crippen LogP contribution in [-0.2, 0) is 10.0 Å². The molecule has 0 aliphatic heterocycles. The van der Waals surface area contributed by atoms with Gasteiger partial charge in [-0.1, -0.05) is 25.0 Å². The summed E-state index contributed by atoms with van der Waals surface area (Å²) in [5, 5.41) is 16.1. The molecule has 0 spiro atoms. The standard InChI is InChI=1S/C13H18N2O5S/c14-21(18,19)10-13(7-3-4-8-13)9-20-12-6-2-1-5-11(12)15(16)17/h1-2,5-6H,3-4,7-10H2,(H2,14,18,19). The summed E-state index contributed by atoms with van der Waals surface area (Å²) in [7, 11) is -3.61. The molecule has 1 aromatic rings. The van der Waals surface area contributed by atoms with Gasteiger partial charge in [0.1, 0.15) is 0 Å². The van der Waals surface area contributed by atoms with Crippen LogP contribution < -0.4 is 9.88 Å². The zero-order chi connectivity index (χ0) is 15.5. The molecule has 116 valence electrons. The highest BCUT2D eigenvalue weighted by molar-refractivity contribution is 7.89. The molecule has 0 atom stereocenters. The van der Waals surface area contributed by atoms with Crippen molar-refractivity contribution in [3.05, 3.63) is 34.4 Å². The summed E-state index contributed by atoms with van der Waals surface area (Å²) < 4.78 is 28.4. The van der Waals surface area contributed by atoms with Gasteiger partial charge < -0.3 is 4.74 Å². The van der Waals surface area contributed by atoms with Crippen LogP contribution in [0.15, 0.2) is 24.3 Å². The van der Waals surface area contributed by atoms with E-state index in [2.05, 4.69) is 0 Å². The zero-order valence-corrected chi connectivity index (χ0v) is 12.3. The molecule has 21 heavy (non-hydrogen) atoms. The Morgan fingerprint density at radius 3 is 2.48 bits per heavy atom. The Hall–Kier alpha value is -1.67. The summed E-state index contributed by atoms with van der Waals surface area (Å²) in [4.78, 5) is 10.4. The van der Waals surface area contributed by atoms with Crippen molar-refractivity contribution in [1.82, 2.24) is 0 Å². The molecule has 8 heteroatoms. The lowest BCUT2D eigenvalue weighted by atomic mass is 9.90. The average Bonchev–Trinajstić information content (AvgIpc) is 2.83. The Balaban J connectivity index is 2.15. The van der Waals surface area contributed by atoms with Gasteiger partial charge in [-0.15, -0.1) is 0 Å². The van der Waals surface area contributed by atoms with E-state index in [0.29, 0.717) is 12.8 Å². The number of nitro groups is 1. The van der Waals surface area contributed by atoms with Crippen molar-refractivity contribution in [2.45, 2.75) is 25.7 Å². The third-order valence-electron chi connectivity index (χ3n) is 3.77. The van der Waals surface area contributed by atoms with Crippen molar-refractivity contribution in [2.24, 2.45) is 10.6 Å². The average molecular weight is 314 g/mol. The number of primary sulfonamides is 1. The number of sulfonamides is 1. The summed E-state index contributed by atoms with van der Waals surface area (Å²) in [6.45, 7) is 0.119. The Morgan fingerprint density at radius 1 is 1.29 bits per heavy atom. The molecule has 1 aromatic carbocycles. The predicted molar refractivity (Wildman–Crippen MR) is 77.5 cm³/mol. The zero-order valence-electron chi connectivity index (χ0n) is 11.5. The normalized spacial score (nSPS) is 17.6. The molecule has 1 aliphatic rings. The molecule has 0 heterocycles. The molecule has 1 saturated carbocycles. The van der Waals surface area contributed by atoms with E-state index >= 15 is 0 Å². The van der Waals surface area contributed by atoms with E-state index in [4.69, 9.17) is 9.88 Å². The van der Waals surface area contributed by atoms with E-state index in [9.17, 15) is 18.5 Å². The molecular formula is C13H18N2O5S. The van der Waals surface area contributed by atoms with E-state index in [1.807, 2.05) is 0 Å². The first kappa shape index (κ1) is 15.7. The van der Waals surface area contributed by atoms with Crippen molar-refractivity contribution < 1.29 is 18.1 Å². The van der Waals surface area contributed by atoms with Gasteiger partial charge in [0.2, 0.25) is 10.0 Å². The second-order valence-electron chi connectivity index (χ2n) is 5.53. The first-order valence-corrected chi connectivity index (χ1v) is 8.40. The van der Waals surface area contributed by atoms with Crippen LogP contribution >= 0.6 is 0 Å². The van der Waals surface area contributed by atoms with Crippen LogP contribution in [0.25, 0.3) is 0 Å². The second kappa shape index (κ2) is 5.98. The van der Waals surface area contributed by atoms with Crippen LogP contribution in [0.4, 0.5) is 5.69 Å². The summed E-state index contributed by atoms with van der Waals surface area (Å²) in [6.07, 6.45) is 3.22. The minimum atomic E-state index is -3.61. The molecule has 7 nitrogen and oxygen atoms in total. The number of ether oxygens (including phenoxy) is 1.